The second-order valence-corrected chi connectivity index (χ2v) is 6.99. The predicted molar refractivity (Wildman–Crippen MR) is 86.6 cm³/mol. The summed E-state index contributed by atoms with van der Waals surface area (Å²) in [5, 5.41) is 10.4. The van der Waals surface area contributed by atoms with Gasteiger partial charge in [-0.3, -0.25) is 0 Å². The van der Waals surface area contributed by atoms with Crippen molar-refractivity contribution in [3.63, 3.8) is 0 Å². The molecular formula is C18H27NO3. The topological polar surface area (TPSA) is 49.8 Å². The number of amides is 1. The van der Waals surface area contributed by atoms with Gasteiger partial charge in [-0.25, -0.2) is 4.79 Å². The minimum absolute atomic E-state index is 0.0406. The van der Waals surface area contributed by atoms with E-state index in [0.717, 1.165) is 24.8 Å². The van der Waals surface area contributed by atoms with Crippen molar-refractivity contribution in [3.8, 4) is 0 Å². The summed E-state index contributed by atoms with van der Waals surface area (Å²) in [5.74, 6) is 0. The maximum absolute atomic E-state index is 12.4. The first kappa shape index (κ1) is 16.8. The molecule has 1 fully saturated rings. The van der Waals surface area contributed by atoms with E-state index in [9.17, 15) is 9.90 Å². The van der Waals surface area contributed by atoms with Crippen molar-refractivity contribution in [1.29, 1.82) is 0 Å². The zero-order chi connectivity index (χ0) is 16.2. The Morgan fingerprint density at radius 2 is 2.00 bits per heavy atom. The van der Waals surface area contributed by atoms with Gasteiger partial charge < -0.3 is 14.7 Å². The van der Waals surface area contributed by atoms with Crippen LogP contribution in [0, 0.1) is 0 Å². The van der Waals surface area contributed by atoms with Gasteiger partial charge in [0.1, 0.15) is 5.60 Å². The molecule has 1 aromatic carbocycles. The van der Waals surface area contributed by atoms with Crippen LogP contribution in [0.25, 0.3) is 0 Å². The van der Waals surface area contributed by atoms with E-state index in [1.165, 1.54) is 0 Å². The van der Waals surface area contributed by atoms with E-state index in [-0.39, 0.29) is 12.1 Å². The minimum atomic E-state index is -0.547. The number of ether oxygens (including phenoxy) is 1. The lowest BCUT2D eigenvalue weighted by Crippen LogP contribution is -2.46. The van der Waals surface area contributed by atoms with Gasteiger partial charge in [0.15, 0.2) is 0 Å². The van der Waals surface area contributed by atoms with Gasteiger partial charge in [-0.15, -0.1) is 0 Å². The van der Waals surface area contributed by atoms with Crippen LogP contribution in [-0.2, 0) is 4.74 Å². The highest BCUT2D eigenvalue weighted by Gasteiger charge is 2.31. The maximum atomic E-state index is 12.4. The zero-order valence-electron chi connectivity index (χ0n) is 13.8. The number of piperidine rings is 1. The first-order chi connectivity index (χ1) is 10.4. The maximum Gasteiger partial charge on any atom is 0.410 e. The Morgan fingerprint density at radius 3 is 2.64 bits per heavy atom. The SMILES string of the molecule is CC(C)(C)OC(=O)N1CCCCC1CC(O)c1ccccc1. The van der Waals surface area contributed by atoms with E-state index in [1.807, 2.05) is 51.1 Å². The summed E-state index contributed by atoms with van der Waals surface area (Å²) in [6, 6.07) is 9.66. The molecule has 0 aromatic heterocycles. The van der Waals surface area contributed by atoms with Crippen LogP contribution in [0.4, 0.5) is 4.79 Å². The smallest absolute Gasteiger partial charge is 0.410 e. The standard InChI is InChI=1S/C18H27NO3/c1-18(2,3)22-17(21)19-12-8-7-11-15(19)13-16(20)14-9-5-4-6-10-14/h4-6,9-10,15-16,20H,7-8,11-13H2,1-3H3. The molecule has 0 saturated carbocycles. The van der Waals surface area contributed by atoms with Gasteiger partial charge in [0.2, 0.25) is 0 Å². The summed E-state index contributed by atoms with van der Waals surface area (Å²) in [6.45, 7) is 6.34. The Balaban J connectivity index is 2.02. The molecule has 1 saturated heterocycles. The molecule has 2 atom stereocenters. The number of carbonyl (C=O) groups excluding carboxylic acids is 1. The number of aliphatic hydroxyl groups excluding tert-OH is 1. The highest BCUT2D eigenvalue weighted by atomic mass is 16.6. The molecule has 4 heteroatoms. The molecule has 1 aromatic rings. The molecule has 0 radical (unpaired) electrons. The summed E-state index contributed by atoms with van der Waals surface area (Å²) in [7, 11) is 0. The lowest BCUT2D eigenvalue weighted by Gasteiger charge is -2.37. The van der Waals surface area contributed by atoms with E-state index >= 15 is 0 Å². The largest absolute Gasteiger partial charge is 0.444 e. The molecule has 1 N–H and O–H groups in total. The van der Waals surface area contributed by atoms with E-state index in [0.29, 0.717) is 13.0 Å². The predicted octanol–water partition coefficient (Wildman–Crippen LogP) is 3.90. The first-order valence-corrected chi connectivity index (χ1v) is 8.09. The molecule has 4 nitrogen and oxygen atoms in total. The molecular weight excluding hydrogens is 278 g/mol. The lowest BCUT2D eigenvalue weighted by atomic mass is 9.94. The normalized spacial score (nSPS) is 20.5. The van der Waals surface area contributed by atoms with Crippen LogP contribution >= 0.6 is 0 Å². The third-order valence-corrected chi connectivity index (χ3v) is 3.93. The Bertz CT molecular complexity index is 481. The van der Waals surface area contributed by atoms with Gasteiger partial charge in [-0.1, -0.05) is 30.3 Å². The van der Waals surface area contributed by atoms with Gasteiger partial charge in [0.05, 0.1) is 6.10 Å². The number of rotatable bonds is 3. The van der Waals surface area contributed by atoms with E-state index in [1.54, 1.807) is 4.90 Å². The third-order valence-electron chi connectivity index (χ3n) is 3.93. The van der Waals surface area contributed by atoms with Crippen LogP contribution in [0.2, 0.25) is 0 Å². The van der Waals surface area contributed by atoms with Crippen molar-refractivity contribution in [3.05, 3.63) is 35.9 Å². The number of likely N-dealkylation sites (tertiary alicyclic amines) is 1. The molecule has 122 valence electrons. The Labute approximate surface area is 133 Å². The highest BCUT2D eigenvalue weighted by Crippen LogP contribution is 2.28. The fourth-order valence-electron chi connectivity index (χ4n) is 2.88. The number of hydrogen-bond donors (Lipinski definition) is 1. The molecule has 1 aliphatic rings. The highest BCUT2D eigenvalue weighted by molar-refractivity contribution is 5.68. The van der Waals surface area contributed by atoms with E-state index < -0.39 is 11.7 Å². The van der Waals surface area contributed by atoms with Crippen molar-refractivity contribution in [1.82, 2.24) is 4.90 Å². The number of benzene rings is 1. The minimum Gasteiger partial charge on any atom is -0.444 e. The van der Waals surface area contributed by atoms with E-state index in [4.69, 9.17) is 4.74 Å². The number of aliphatic hydroxyl groups is 1. The van der Waals surface area contributed by atoms with Crippen LogP contribution in [0.3, 0.4) is 0 Å². The Hall–Kier alpha value is -1.55. The number of nitrogens with zero attached hydrogens (tertiary/aromatic N) is 1. The van der Waals surface area contributed by atoms with Crippen molar-refractivity contribution in [2.45, 2.75) is 64.2 Å². The summed E-state index contributed by atoms with van der Waals surface area (Å²) < 4.78 is 5.50. The summed E-state index contributed by atoms with van der Waals surface area (Å²) in [6.07, 6.45) is 2.75. The molecule has 1 heterocycles. The molecule has 1 amide bonds. The molecule has 0 spiro atoms. The van der Waals surface area contributed by atoms with Crippen LogP contribution in [0.5, 0.6) is 0 Å². The molecule has 2 unspecified atom stereocenters. The average Bonchev–Trinajstić information content (AvgIpc) is 2.47. The van der Waals surface area contributed by atoms with Gasteiger partial charge >= 0.3 is 6.09 Å². The second kappa shape index (κ2) is 7.14. The van der Waals surface area contributed by atoms with Gasteiger partial charge in [0, 0.05) is 12.6 Å². The Kier molecular flexibility index (Phi) is 5.46. The second-order valence-electron chi connectivity index (χ2n) is 6.99. The third kappa shape index (κ3) is 4.73. The summed E-state index contributed by atoms with van der Waals surface area (Å²) in [5.41, 5.74) is 0.411. The quantitative estimate of drug-likeness (QED) is 0.921. The zero-order valence-corrected chi connectivity index (χ0v) is 13.8. The van der Waals surface area contributed by atoms with Gasteiger partial charge in [0.25, 0.3) is 0 Å². The van der Waals surface area contributed by atoms with Gasteiger partial charge in [-0.2, -0.15) is 0 Å². The van der Waals surface area contributed by atoms with Crippen LogP contribution in [-0.4, -0.2) is 34.3 Å². The fraction of sp³-hybridized carbons (Fsp3) is 0.611. The lowest BCUT2D eigenvalue weighted by molar-refractivity contribution is 0.00237. The van der Waals surface area contributed by atoms with E-state index in [2.05, 4.69) is 0 Å². The van der Waals surface area contributed by atoms with Crippen LogP contribution in [0.1, 0.15) is 58.1 Å². The summed E-state index contributed by atoms with van der Waals surface area (Å²) >= 11 is 0. The molecule has 0 bridgehead atoms. The molecule has 0 aliphatic carbocycles. The fourth-order valence-corrected chi connectivity index (χ4v) is 2.88. The van der Waals surface area contributed by atoms with Crippen molar-refractivity contribution in [2.75, 3.05) is 6.54 Å². The monoisotopic (exact) mass is 305 g/mol. The molecule has 1 aliphatic heterocycles. The van der Waals surface area contributed by atoms with Crippen molar-refractivity contribution < 1.29 is 14.6 Å². The number of carbonyl (C=O) groups is 1. The molecule has 2 rings (SSSR count). The number of hydrogen-bond acceptors (Lipinski definition) is 3. The van der Waals surface area contributed by atoms with Gasteiger partial charge in [-0.05, 0) is 52.0 Å². The molecule has 22 heavy (non-hydrogen) atoms. The van der Waals surface area contributed by atoms with Crippen LogP contribution in [0.15, 0.2) is 30.3 Å². The van der Waals surface area contributed by atoms with Crippen molar-refractivity contribution in [2.24, 2.45) is 0 Å². The first-order valence-electron chi connectivity index (χ1n) is 8.09. The summed E-state index contributed by atoms with van der Waals surface area (Å²) in [4.78, 5) is 14.2. The van der Waals surface area contributed by atoms with Crippen LogP contribution < -0.4 is 0 Å². The van der Waals surface area contributed by atoms with Crippen molar-refractivity contribution >= 4 is 6.09 Å². The Morgan fingerprint density at radius 1 is 1.32 bits per heavy atom. The average molecular weight is 305 g/mol.